The van der Waals surface area contributed by atoms with Crippen molar-refractivity contribution in [3.63, 3.8) is 0 Å². The van der Waals surface area contributed by atoms with E-state index in [4.69, 9.17) is 5.26 Å². The molecule has 142 valence electrons. The number of anilines is 2. The second-order valence-corrected chi connectivity index (χ2v) is 6.34. The summed E-state index contributed by atoms with van der Waals surface area (Å²) in [5.74, 6) is 0.736. The van der Waals surface area contributed by atoms with E-state index in [0.29, 0.717) is 55.1 Å². The topological polar surface area (TPSA) is 116 Å². The van der Waals surface area contributed by atoms with Crippen molar-refractivity contribution in [2.24, 2.45) is 0 Å². The normalized spacial score (nSPS) is 14.1. The number of hydrogen-bond donors (Lipinski definition) is 1. The minimum absolute atomic E-state index is 0.216. The number of amides is 2. The fraction of sp³-hybridized carbons (Fsp3) is 0.333. The maximum Gasteiger partial charge on any atom is 0.322 e. The molecule has 0 bridgehead atoms. The molecule has 10 heteroatoms. The van der Waals surface area contributed by atoms with Gasteiger partial charge in [0.25, 0.3) is 0 Å². The van der Waals surface area contributed by atoms with Gasteiger partial charge in [-0.1, -0.05) is 17.3 Å². The fourth-order valence-corrected chi connectivity index (χ4v) is 3.23. The molecule has 2 aromatic heterocycles. The minimum Gasteiger partial charge on any atom is -0.351 e. The van der Waals surface area contributed by atoms with E-state index in [1.807, 2.05) is 6.92 Å². The molecule has 0 aliphatic carbocycles. The van der Waals surface area contributed by atoms with Crippen LogP contribution in [0.4, 0.5) is 16.3 Å². The van der Waals surface area contributed by atoms with Gasteiger partial charge in [0.05, 0.1) is 11.3 Å². The molecule has 4 rings (SSSR count). The van der Waals surface area contributed by atoms with Crippen LogP contribution in [-0.2, 0) is 6.54 Å². The molecule has 0 unspecified atom stereocenters. The number of nitrogens with one attached hydrogen (secondary N) is 1. The van der Waals surface area contributed by atoms with Crippen molar-refractivity contribution in [2.75, 3.05) is 36.4 Å². The number of fused-ring (bicyclic) bond motifs is 1. The molecule has 0 saturated carbocycles. The summed E-state index contributed by atoms with van der Waals surface area (Å²) < 4.78 is 1.73. The highest BCUT2D eigenvalue weighted by molar-refractivity contribution is 5.91. The first-order valence-corrected chi connectivity index (χ1v) is 9.05. The molecule has 1 aromatic carbocycles. The summed E-state index contributed by atoms with van der Waals surface area (Å²) in [7, 11) is 0. The molecule has 3 heterocycles. The van der Waals surface area contributed by atoms with E-state index in [2.05, 4.69) is 36.6 Å². The van der Waals surface area contributed by atoms with Crippen molar-refractivity contribution < 1.29 is 4.79 Å². The lowest BCUT2D eigenvalue weighted by molar-refractivity contribution is 0.208. The predicted octanol–water partition coefficient (Wildman–Crippen LogP) is 1.47. The van der Waals surface area contributed by atoms with E-state index < -0.39 is 0 Å². The average Bonchev–Trinajstić information content (AvgIpc) is 3.17. The summed E-state index contributed by atoms with van der Waals surface area (Å²) >= 11 is 0. The van der Waals surface area contributed by atoms with Crippen molar-refractivity contribution in [3.8, 4) is 6.07 Å². The van der Waals surface area contributed by atoms with Gasteiger partial charge >= 0.3 is 6.03 Å². The van der Waals surface area contributed by atoms with Crippen molar-refractivity contribution in [2.45, 2.75) is 13.5 Å². The van der Waals surface area contributed by atoms with Crippen LogP contribution < -0.4 is 10.2 Å². The van der Waals surface area contributed by atoms with Crippen LogP contribution in [0.15, 0.2) is 30.6 Å². The molecule has 1 N–H and O–H groups in total. The lowest BCUT2D eigenvalue weighted by atomic mass is 10.2. The Morgan fingerprint density at radius 2 is 2.00 bits per heavy atom. The standard InChI is InChI=1S/C18H19N9O/c1-2-27-17-15(23-24-27)16(20-12-21-17)25-7-9-26(10-8-25)18(28)22-14-6-4-3-5-13(14)11-19/h3-6,12H,2,7-10H2,1H3,(H,22,28). The molecule has 0 atom stereocenters. The highest BCUT2D eigenvalue weighted by Crippen LogP contribution is 2.22. The number of aryl methyl sites for hydroxylation is 1. The molecule has 1 aliphatic heterocycles. The Morgan fingerprint density at radius 1 is 1.21 bits per heavy atom. The molecule has 3 aromatic rings. The number of urea groups is 1. The Morgan fingerprint density at radius 3 is 2.75 bits per heavy atom. The van der Waals surface area contributed by atoms with Gasteiger partial charge in [0.2, 0.25) is 0 Å². The zero-order valence-electron chi connectivity index (χ0n) is 15.4. The van der Waals surface area contributed by atoms with Crippen LogP contribution in [0.2, 0.25) is 0 Å². The first-order chi connectivity index (χ1) is 13.7. The van der Waals surface area contributed by atoms with Gasteiger partial charge in [-0.05, 0) is 19.1 Å². The SMILES string of the molecule is CCn1nnc2c(N3CCN(C(=O)Nc4ccccc4C#N)CC3)ncnc21. The van der Waals surface area contributed by atoms with Crippen molar-refractivity contribution in [1.29, 1.82) is 5.26 Å². The van der Waals surface area contributed by atoms with E-state index in [1.165, 1.54) is 6.33 Å². The van der Waals surface area contributed by atoms with Crippen molar-refractivity contribution in [3.05, 3.63) is 36.2 Å². The summed E-state index contributed by atoms with van der Waals surface area (Å²) in [5.41, 5.74) is 2.34. The van der Waals surface area contributed by atoms with Gasteiger partial charge in [-0.25, -0.2) is 19.4 Å². The Balaban J connectivity index is 1.44. The largest absolute Gasteiger partial charge is 0.351 e. The van der Waals surface area contributed by atoms with E-state index in [1.54, 1.807) is 33.8 Å². The molecule has 0 spiro atoms. The smallest absolute Gasteiger partial charge is 0.322 e. The molecule has 1 saturated heterocycles. The Hall–Kier alpha value is -3.74. The average molecular weight is 377 g/mol. The van der Waals surface area contributed by atoms with Gasteiger partial charge in [0.1, 0.15) is 12.4 Å². The minimum atomic E-state index is -0.216. The van der Waals surface area contributed by atoms with Crippen LogP contribution in [-0.4, -0.2) is 62.1 Å². The van der Waals surface area contributed by atoms with Gasteiger partial charge < -0.3 is 15.1 Å². The van der Waals surface area contributed by atoms with E-state index in [0.717, 1.165) is 5.82 Å². The van der Waals surface area contributed by atoms with Gasteiger partial charge in [-0.2, -0.15) is 5.26 Å². The summed E-state index contributed by atoms with van der Waals surface area (Å²) in [6, 6.07) is 8.83. The predicted molar refractivity (Wildman–Crippen MR) is 103 cm³/mol. The second-order valence-electron chi connectivity index (χ2n) is 6.34. The number of carbonyl (C=O) groups is 1. The monoisotopic (exact) mass is 377 g/mol. The van der Waals surface area contributed by atoms with E-state index in [-0.39, 0.29) is 6.03 Å². The maximum absolute atomic E-state index is 12.6. The van der Waals surface area contributed by atoms with E-state index in [9.17, 15) is 4.79 Å². The molecule has 10 nitrogen and oxygen atoms in total. The zero-order valence-corrected chi connectivity index (χ0v) is 15.4. The molecule has 2 amide bonds. The number of benzene rings is 1. The molecule has 0 radical (unpaired) electrons. The summed E-state index contributed by atoms with van der Waals surface area (Å²) in [5, 5.41) is 20.3. The number of aromatic nitrogens is 5. The maximum atomic E-state index is 12.6. The third-order valence-corrected chi connectivity index (χ3v) is 4.74. The van der Waals surface area contributed by atoms with Gasteiger partial charge in [-0.15, -0.1) is 5.10 Å². The first-order valence-electron chi connectivity index (χ1n) is 9.05. The Bertz CT molecular complexity index is 1050. The Labute approximate surface area is 161 Å². The first kappa shape index (κ1) is 17.7. The summed E-state index contributed by atoms with van der Waals surface area (Å²) in [4.78, 5) is 25.0. The zero-order chi connectivity index (χ0) is 19.5. The van der Waals surface area contributed by atoms with Gasteiger partial charge in [0, 0.05) is 32.7 Å². The number of para-hydroxylation sites is 1. The lowest BCUT2D eigenvalue weighted by Crippen LogP contribution is -2.50. The quantitative estimate of drug-likeness (QED) is 0.734. The van der Waals surface area contributed by atoms with Crippen LogP contribution in [0.25, 0.3) is 11.2 Å². The van der Waals surface area contributed by atoms with Crippen LogP contribution in [0.3, 0.4) is 0 Å². The summed E-state index contributed by atoms with van der Waals surface area (Å²) in [6.45, 7) is 4.99. The van der Waals surface area contributed by atoms with Crippen LogP contribution in [0.5, 0.6) is 0 Å². The van der Waals surface area contributed by atoms with Crippen molar-refractivity contribution >= 4 is 28.7 Å². The molecular formula is C18H19N9O. The third-order valence-electron chi connectivity index (χ3n) is 4.74. The van der Waals surface area contributed by atoms with E-state index >= 15 is 0 Å². The van der Waals surface area contributed by atoms with Crippen LogP contribution >= 0.6 is 0 Å². The Kier molecular flexibility index (Phi) is 4.72. The highest BCUT2D eigenvalue weighted by Gasteiger charge is 2.25. The molecule has 1 aliphatic rings. The number of nitriles is 1. The van der Waals surface area contributed by atoms with Gasteiger partial charge in [-0.3, -0.25) is 0 Å². The molecular weight excluding hydrogens is 358 g/mol. The number of nitrogens with zero attached hydrogens (tertiary/aromatic N) is 8. The third kappa shape index (κ3) is 3.18. The number of hydrogen-bond acceptors (Lipinski definition) is 7. The fourth-order valence-electron chi connectivity index (χ4n) is 3.23. The van der Waals surface area contributed by atoms with Crippen molar-refractivity contribution in [1.82, 2.24) is 29.9 Å². The number of rotatable bonds is 3. The molecule has 1 fully saturated rings. The lowest BCUT2D eigenvalue weighted by Gasteiger charge is -2.35. The van der Waals surface area contributed by atoms with Gasteiger partial charge in [0.15, 0.2) is 17.0 Å². The molecule has 28 heavy (non-hydrogen) atoms. The highest BCUT2D eigenvalue weighted by atomic mass is 16.2. The summed E-state index contributed by atoms with van der Waals surface area (Å²) in [6.07, 6.45) is 1.52. The number of piperazine rings is 1. The van der Waals surface area contributed by atoms with Crippen LogP contribution in [0, 0.1) is 11.3 Å². The van der Waals surface area contributed by atoms with Crippen LogP contribution in [0.1, 0.15) is 12.5 Å². The number of carbonyl (C=O) groups excluding carboxylic acids is 1. The second kappa shape index (κ2) is 7.48.